The lowest BCUT2D eigenvalue weighted by atomic mass is 9.59. The van der Waals surface area contributed by atoms with E-state index in [9.17, 15) is 9.90 Å². The minimum atomic E-state index is -0.0575. The standard InChI is InChI=1S/C26H23Cl2NO3S/c1-2-12-7-8-16(32-26-29-23-18(28)9-15(27)10-19(23)33-26)11-17(12)22-24(30)20-13-3-4-14(6-5-13)21(20)25(22)31/h7-11,13-14,20-21,30H,2-6H2,1H3. The van der Waals surface area contributed by atoms with Gasteiger partial charge >= 0.3 is 0 Å². The first-order valence-electron chi connectivity index (χ1n) is 11.5. The molecule has 1 heterocycles. The Morgan fingerprint density at radius 3 is 2.52 bits per heavy atom. The Kier molecular flexibility index (Phi) is 5.20. The van der Waals surface area contributed by atoms with Gasteiger partial charge in [0, 0.05) is 16.9 Å². The molecular formula is C26H23Cl2NO3S. The molecule has 7 heteroatoms. The van der Waals surface area contributed by atoms with Crippen molar-refractivity contribution in [3.8, 4) is 10.9 Å². The molecule has 2 aromatic carbocycles. The zero-order valence-corrected chi connectivity index (χ0v) is 20.4. The number of carbonyl (C=O) groups excluding carboxylic acids is 1. The third-order valence-electron chi connectivity index (χ3n) is 7.67. The molecule has 4 aliphatic carbocycles. The third-order valence-corrected chi connectivity index (χ3v) is 9.06. The molecule has 1 aromatic heterocycles. The lowest BCUT2D eigenvalue weighted by molar-refractivity contribution is -0.123. The molecule has 0 amide bonds. The van der Waals surface area contributed by atoms with Gasteiger partial charge in [-0.25, -0.2) is 4.98 Å². The first-order valence-corrected chi connectivity index (χ1v) is 13.1. The van der Waals surface area contributed by atoms with Crippen molar-refractivity contribution in [1.82, 2.24) is 4.98 Å². The summed E-state index contributed by atoms with van der Waals surface area (Å²) in [6.45, 7) is 2.06. The first kappa shape index (κ1) is 21.5. The van der Waals surface area contributed by atoms with Gasteiger partial charge in [-0.05, 0) is 79.3 Å². The molecule has 33 heavy (non-hydrogen) atoms. The Balaban J connectivity index is 1.39. The maximum absolute atomic E-state index is 13.6. The van der Waals surface area contributed by atoms with Crippen LogP contribution in [0.1, 0.15) is 43.7 Å². The van der Waals surface area contributed by atoms with Crippen molar-refractivity contribution >= 4 is 56.1 Å². The summed E-state index contributed by atoms with van der Waals surface area (Å²) in [4.78, 5) is 18.1. The Morgan fingerprint density at radius 2 is 1.82 bits per heavy atom. The summed E-state index contributed by atoms with van der Waals surface area (Å²) in [5, 5.41) is 12.7. The molecule has 4 nitrogen and oxygen atoms in total. The molecule has 1 N–H and O–H groups in total. The van der Waals surface area contributed by atoms with E-state index in [2.05, 4.69) is 11.9 Å². The summed E-state index contributed by atoms with van der Waals surface area (Å²) < 4.78 is 6.94. The van der Waals surface area contributed by atoms with E-state index in [0.717, 1.165) is 47.9 Å². The van der Waals surface area contributed by atoms with E-state index in [1.807, 2.05) is 24.3 Å². The minimum absolute atomic E-state index is 0.00886. The topological polar surface area (TPSA) is 59.4 Å². The van der Waals surface area contributed by atoms with Gasteiger partial charge in [0.2, 0.25) is 0 Å². The van der Waals surface area contributed by atoms with Crippen LogP contribution < -0.4 is 4.74 Å². The number of aliphatic hydroxyl groups is 1. The van der Waals surface area contributed by atoms with Crippen LogP contribution >= 0.6 is 34.5 Å². The third kappa shape index (κ3) is 3.39. The zero-order valence-electron chi connectivity index (χ0n) is 18.1. The second-order valence-electron chi connectivity index (χ2n) is 9.34. The Hall–Kier alpha value is -2.08. The molecule has 0 saturated heterocycles. The molecular weight excluding hydrogens is 477 g/mol. The molecule has 170 valence electrons. The van der Waals surface area contributed by atoms with Crippen LogP contribution in [0.25, 0.3) is 15.8 Å². The Morgan fingerprint density at radius 1 is 1.09 bits per heavy atom. The quantitative estimate of drug-likeness (QED) is 0.396. The fourth-order valence-corrected chi connectivity index (χ4v) is 7.75. The number of hydrogen-bond donors (Lipinski definition) is 1. The molecule has 2 atom stereocenters. The smallest absolute Gasteiger partial charge is 0.279 e. The van der Waals surface area contributed by atoms with Crippen molar-refractivity contribution in [2.45, 2.75) is 39.0 Å². The summed E-state index contributed by atoms with van der Waals surface area (Å²) in [5.74, 6) is 1.74. The molecule has 2 bridgehead atoms. The number of ether oxygens (including phenoxy) is 1. The molecule has 0 radical (unpaired) electrons. The maximum atomic E-state index is 13.6. The Bertz CT molecular complexity index is 1320. The number of Topliss-reactive ketones (excluding diaryl/α,β-unsaturated/α-hetero) is 1. The monoisotopic (exact) mass is 499 g/mol. The van der Waals surface area contributed by atoms with Gasteiger partial charge in [-0.3, -0.25) is 4.79 Å². The summed E-state index contributed by atoms with van der Waals surface area (Å²) in [7, 11) is 0. The number of aryl methyl sites for hydroxylation is 1. The van der Waals surface area contributed by atoms with Crippen LogP contribution in [0.15, 0.2) is 36.1 Å². The molecule has 3 fully saturated rings. The number of aromatic nitrogens is 1. The predicted molar refractivity (Wildman–Crippen MR) is 133 cm³/mol. The van der Waals surface area contributed by atoms with Crippen molar-refractivity contribution in [2.24, 2.45) is 23.7 Å². The normalized spacial score (nSPS) is 26.3. The summed E-state index contributed by atoms with van der Waals surface area (Å²) >= 11 is 13.8. The van der Waals surface area contributed by atoms with E-state index in [4.69, 9.17) is 27.9 Å². The highest BCUT2D eigenvalue weighted by atomic mass is 35.5. The van der Waals surface area contributed by atoms with Crippen LogP contribution in [0.2, 0.25) is 10.0 Å². The number of halogens is 2. The number of nitrogens with zero attached hydrogens (tertiary/aromatic N) is 1. The molecule has 4 aliphatic rings. The average Bonchev–Trinajstić information content (AvgIpc) is 3.34. The molecule has 0 aliphatic heterocycles. The minimum Gasteiger partial charge on any atom is -0.511 e. The Labute approximate surface area is 206 Å². The van der Waals surface area contributed by atoms with Gasteiger partial charge in [0.25, 0.3) is 5.19 Å². The van der Waals surface area contributed by atoms with Crippen molar-refractivity contribution in [2.75, 3.05) is 0 Å². The number of aliphatic hydroxyl groups excluding tert-OH is 1. The van der Waals surface area contributed by atoms with E-state index in [1.54, 1.807) is 6.07 Å². The highest BCUT2D eigenvalue weighted by molar-refractivity contribution is 7.20. The highest BCUT2D eigenvalue weighted by Crippen LogP contribution is 2.57. The van der Waals surface area contributed by atoms with Gasteiger partial charge in [0.1, 0.15) is 17.0 Å². The van der Waals surface area contributed by atoms with Gasteiger partial charge in [0.15, 0.2) is 5.78 Å². The van der Waals surface area contributed by atoms with Gasteiger partial charge < -0.3 is 9.84 Å². The van der Waals surface area contributed by atoms with Gasteiger partial charge in [-0.1, -0.05) is 47.5 Å². The number of benzene rings is 2. The van der Waals surface area contributed by atoms with E-state index < -0.39 is 0 Å². The fraction of sp³-hybridized carbons (Fsp3) is 0.385. The van der Waals surface area contributed by atoms with Gasteiger partial charge in [-0.15, -0.1) is 0 Å². The van der Waals surface area contributed by atoms with Gasteiger partial charge in [-0.2, -0.15) is 0 Å². The van der Waals surface area contributed by atoms with Crippen molar-refractivity contribution < 1.29 is 14.6 Å². The molecule has 7 rings (SSSR count). The second-order valence-corrected chi connectivity index (χ2v) is 11.2. The van der Waals surface area contributed by atoms with Crippen LogP contribution in [0.5, 0.6) is 10.9 Å². The summed E-state index contributed by atoms with van der Waals surface area (Å²) in [6, 6.07) is 9.22. The second kappa shape index (κ2) is 8.00. The number of allylic oxidation sites excluding steroid dienone is 2. The average molecular weight is 500 g/mol. The molecule has 3 saturated carbocycles. The number of carbonyl (C=O) groups is 1. The van der Waals surface area contributed by atoms with Crippen LogP contribution in [-0.4, -0.2) is 15.9 Å². The van der Waals surface area contributed by atoms with Crippen molar-refractivity contribution in [3.05, 3.63) is 57.3 Å². The fourth-order valence-electron chi connectivity index (χ4n) is 6.19. The summed E-state index contributed by atoms with van der Waals surface area (Å²) in [5.41, 5.74) is 2.97. The summed E-state index contributed by atoms with van der Waals surface area (Å²) in [6.07, 6.45) is 5.20. The van der Waals surface area contributed by atoms with Crippen LogP contribution in [0.3, 0.4) is 0 Å². The van der Waals surface area contributed by atoms with E-state index >= 15 is 0 Å². The van der Waals surface area contributed by atoms with E-state index in [-0.39, 0.29) is 17.6 Å². The SMILES string of the molecule is CCc1ccc(Oc2nc3c(Cl)cc(Cl)cc3s2)cc1C1=C(O)C2C3CCC(CC3)C2C1=O. The number of hydrogen-bond acceptors (Lipinski definition) is 5. The molecule has 3 aromatic rings. The van der Waals surface area contributed by atoms with Crippen LogP contribution in [0, 0.1) is 23.7 Å². The van der Waals surface area contributed by atoms with Crippen LogP contribution in [0.4, 0.5) is 0 Å². The van der Waals surface area contributed by atoms with E-state index in [0.29, 0.717) is 49.7 Å². The largest absolute Gasteiger partial charge is 0.511 e. The highest BCUT2D eigenvalue weighted by Gasteiger charge is 2.54. The number of rotatable bonds is 4. The maximum Gasteiger partial charge on any atom is 0.279 e. The molecule has 2 unspecified atom stereocenters. The predicted octanol–water partition coefficient (Wildman–Crippen LogP) is 7.86. The van der Waals surface area contributed by atoms with Crippen molar-refractivity contribution in [1.29, 1.82) is 0 Å². The zero-order chi connectivity index (χ0) is 22.9. The lowest BCUT2D eigenvalue weighted by Crippen LogP contribution is -2.41. The number of thiazole rings is 1. The van der Waals surface area contributed by atoms with Crippen molar-refractivity contribution in [3.63, 3.8) is 0 Å². The number of ketones is 1. The number of fused-ring (bicyclic) bond motifs is 3. The van der Waals surface area contributed by atoms with E-state index in [1.165, 1.54) is 11.3 Å². The lowest BCUT2D eigenvalue weighted by Gasteiger charge is -2.44. The molecule has 0 spiro atoms. The van der Waals surface area contributed by atoms with Gasteiger partial charge in [0.05, 0.1) is 15.3 Å². The van der Waals surface area contributed by atoms with Crippen LogP contribution in [-0.2, 0) is 11.2 Å². The first-order chi connectivity index (χ1) is 15.9.